The van der Waals surface area contributed by atoms with Crippen LogP contribution >= 0.6 is 11.3 Å². The number of hydrogen-bond acceptors (Lipinski definition) is 5. The molecule has 6 nitrogen and oxygen atoms in total. The predicted molar refractivity (Wildman–Crippen MR) is 112 cm³/mol. The SMILES string of the molecule is CC(C)c1ccc(NC(=O)C(=O)NC[C@@H](c2ccsc2)N2CCOCC2)cc1. The number of nitrogens with zero attached hydrogens (tertiary/aromatic N) is 1. The third-order valence-corrected chi connectivity index (χ3v) is 5.61. The molecule has 2 aromatic rings. The molecule has 2 amide bonds. The van der Waals surface area contributed by atoms with Crippen LogP contribution in [-0.2, 0) is 14.3 Å². The van der Waals surface area contributed by atoms with E-state index in [0.29, 0.717) is 31.4 Å². The van der Waals surface area contributed by atoms with Gasteiger partial charge in [0, 0.05) is 25.3 Å². The molecule has 1 aliphatic rings. The number of carbonyl (C=O) groups excluding carboxylic acids is 2. The molecular formula is C21H27N3O3S. The Balaban J connectivity index is 1.56. The van der Waals surface area contributed by atoms with E-state index in [4.69, 9.17) is 4.74 Å². The Morgan fingerprint density at radius 3 is 2.39 bits per heavy atom. The molecule has 1 atom stereocenters. The van der Waals surface area contributed by atoms with Crippen LogP contribution in [-0.4, -0.2) is 49.6 Å². The first-order valence-electron chi connectivity index (χ1n) is 9.57. The standard InChI is InChI=1S/C21H27N3O3S/c1-15(2)16-3-5-18(6-4-16)23-21(26)20(25)22-13-19(17-7-12-28-14-17)24-8-10-27-11-9-24/h3-7,12,14-15,19H,8-11,13H2,1-2H3,(H,22,25)(H,23,26)/t19-/m0/s1. The summed E-state index contributed by atoms with van der Waals surface area (Å²) in [5, 5.41) is 9.56. The quantitative estimate of drug-likeness (QED) is 0.730. The molecule has 1 aromatic heterocycles. The average Bonchev–Trinajstić information content (AvgIpc) is 3.23. The van der Waals surface area contributed by atoms with Gasteiger partial charge in [0.15, 0.2) is 0 Å². The van der Waals surface area contributed by atoms with Crippen LogP contribution in [0.15, 0.2) is 41.1 Å². The highest BCUT2D eigenvalue weighted by Gasteiger charge is 2.24. The average molecular weight is 402 g/mol. The first-order valence-corrected chi connectivity index (χ1v) is 10.5. The number of nitrogens with one attached hydrogen (secondary N) is 2. The van der Waals surface area contributed by atoms with Crippen molar-refractivity contribution in [3.63, 3.8) is 0 Å². The normalized spacial score (nSPS) is 16.0. The Kier molecular flexibility index (Phi) is 7.19. The largest absolute Gasteiger partial charge is 0.379 e. The van der Waals surface area contributed by atoms with Crippen molar-refractivity contribution in [2.24, 2.45) is 0 Å². The highest BCUT2D eigenvalue weighted by molar-refractivity contribution is 7.08. The Labute approximate surface area is 169 Å². The highest BCUT2D eigenvalue weighted by atomic mass is 32.1. The van der Waals surface area contributed by atoms with Crippen LogP contribution < -0.4 is 10.6 Å². The van der Waals surface area contributed by atoms with E-state index in [-0.39, 0.29) is 6.04 Å². The van der Waals surface area contributed by atoms with E-state index in [0.717, 1.165) is 18.7 Å². The lowest BCUT2D eigenvalue weighted by Crippen LogP contribution is -2.45. The topological polar surface area (TPSA) is 70.7 Å². The molecule has 1 fully saturated rings. The van der Waals surface area contributed by atoms with E-state index in [1.54, 1.807) is 11.3 Å². The molecule has 1 aliphatic heterocycles. The van der Waals surface area contributed by atoms with Crippen molar-refractivity contribution in [3.05, 3.63) is 52.2 Å². The first-order chi connectivity index (χ1) is 13.5. The zero-order chi connectivity index (χ0) is 19.9. The fourth-order valence-electron chi connectivity index (χ4n) is 3.22. The number of thiophene rings is 1. The number of amides is 2. The minimum atomic E-state index is -0.650. The zero-order valence-electron chi connectivity index (χ0n) is 16.3. The zero-order valence-corrected chi connectivity index (χ0v) is 17.1. The lowest BCUT2D eigenvalue weighted by atomic mass is 10.0. The Morgan fingerprint density at radius 2 is 1.79 bits per heavy atom. The van der Waals surface area contributed by atoms with Crippen molar-refractivity contribution in [3.8, 4) is 0 Å². The number of carbonyl (C=O) groups is 2. The second-order valence-electron chi connectivity index (χ2n) is 7.16. The summed E-state index contributed by atoms with van der Waals surface area (Å²) in [7, 11) is 0. The molecule has 1 saturated heterocycles. The number of hydrogen-bond donors (Lipinski definition) is 2. The maximum absolute atomic E-state index is 12.3. The fourth-order valence-corrected chi connectivity index (χ4v) is 3.93. The van der Waals surface area contributed by atoms with Crippen LogP contribution in [0.5, 0.6) is 0 Å². The number of ether oxygens (including phenoxy) is 1. The molecular weight excluding hydrogens is 374 g/mol. The molecule has 0 radical (unpaired) electrons. The van der Waals surface area contributed by atoms with Gasteiger partial charge in [-0.25, -0.2) is 0 Å². The molecule has 28 heavy (non-hydrogen) atoms. The summed E-state index contributed by atoms with van der Waals surface area (Å²) in [5.41, 5.74) is 2.95. The second-order valence-corrected chi connectivity index (χ2v) is 7.94. The molecule has 2 heterocycles. The smallest absolute Gasteiger partial charge is 0.313 e. The lowest BCUT2D eigenvalue weighted by molar-refractivity contribution is -0.136. The van der Waals surface area contributed by atoms with Crippen molar-refractivity contribution in [2.45, 2.75) is 25.8 Å². The van der Waals surface area contributed by atoms with Crippen LogP contribution in [0.2, 0.25) is 0 Å². The number of anilines is 1. The van der Waals surface area contributed by atoms with Gasteiger partial charge in [-0.1, -0.05) is 26.0 Å². The maximum Gasteiger partial charge on any atom is 0.313 e. The summed E-state index contributed by atoms with van der Waals surface area (Å²) in [4.78, 5) is 26.9. The molecule has 0 spiro atoms. The van der Waals surface area contributed by atoms with Gasteiger partial charge < -0.3 is 15.4 Å². The first kappa shape index (κ1) is 20.5. The van der Waals surface area contributed by atoms with E-state index in [2.05, 4.69) is 40.8 Å². The third kappa shape index (κ3) is 5.41. The number of morpholine rings is 1. The number of rotatable bonds is 6. The lowest BCUT2D eigenvalue weighted by Gasteiger charge is -2.34. The van der Waals surface area contributed by atoms with Crippen molar-refractivity contribution in [1.29, 1.82) is 0 Å². The molecule has 1 aromatic carbocycles. The van der Waals surface area contributed by atoms with Crippen molar-refractivity contribution >= 4 is 28.8 Å². The molecule has 0 bridgehead atoms. The minimum absolute atomic E-state index is 0.0391. The minimum Gasteiger partial charge on any atom is -0.379 e. The van der Waals surface area contributed by atoms with E-state index in [9.17, 15) is 9.59 Å². The summed E-state index contributed by atoms with van der Waals surface area (Å²) >= 11 is 1.63. The fraction of sp³-hybridized carbons (Fsp3) is 0.429. The van der Waals surface area contributed by atoms with Gasteiger partial charge in [-0.05, 0) is 46.0 Å². The van der Waals surface area contributed by atoms with Gasteiger partial charge in [0.05, 0.1) is 19.3 Å². The van der Waals surface area contributed by atoms with Gasteiger partial charge in [0.25, 0.3) is 0 Å². The van der Waals surface area contributed by atoms with Crippen LogP contribution in [0.4, 0.5) is 5.69 Å². The molecule has 3 rings (SSSR count). The van der Waals surface area contributed by atoms with E-state index in [1.165, 1.54) is 5.56 Å². The van der Waals surface area contributed by atoms with Gasteiger partial charge in [0.1, 0.15) is 0 Å². The molecule has 7 heteroatoms. The van der Waals surface area contributed by atoms with Gasteiger partial charge in [-0.2, -0.15) is 11.3 Å². The third-order valence-electron chi connectivity index (χ3n) is 4.91. The summed E-state index contributed by atoms with van der Waals surface area (Å²) < 4.78 is 5.43. The van der Waals surface area contributed by atoms with Crippen molar-refractivity contribution in [1.82, 2.24) is 10.2 Å². The summed E-state index contributed by atoms with van der Waals surface area (Å²) in [6.07, 6.45) is 0. The van der Waals surface area contributed by atoms with Crippen molar-refractivity contribution < 1.29 is 14.3 Å². The Hall–Kier alpha value is -2.22. The van der Waals surface area contributed by atoms with Gasteiger partial charge >= 0.3 is 11.8 Å². The van der Waals surface area contributed by atoms with Crippen LogP contribution in [0, 0.1) is 0 Å². The summed E-state index contributed by atoms with van der Waals surface area (Å²) in [6, 6.07) is 9.67. The molecule has 150 valence electrons. The second kappa shape index (κ2) is 9.82. The van der Waals surface area contributed by atoms with E-state index < -0.39 is 11.8 Å². The Bertz CT molecular complexity index is 769. The molecule has 0 unspecified atom stereocenters. The molecule has 2 N–H and O–H groups in total. The van der Waals surface area contributed by atoms with Crippen LogP contribution in [0.25, 0.3) is 0 Å². The Morgan fingerprint density at radius 1 is 1.07 bits per heavy atom. The highest BCUT2D eigenvalue weighted by Crippen LogP contribution is 2.23. The predicted octanol–water partition coefficient (Wildman–Crippen LogP) is 3.00. The number of benzene rings is 1. The summed E-state index contributed by atoms with van der Waals surface area (Å²) in [5.74, 6) is -0.855. The summed E-state index contributed by atoms with van der Waals surface area (Å²) in [6.45, 7) is 7.59. The maximum atomic E-state index is 12.3. The van der Waals surface area contributed by atoms with Crippen molar-refractivity contribution in [2.75, 3.05) is 38.2 Å². The monoisotopic (exact) mass is 401 g/mol. The van der Waals surface area contributed by atoms with Gasteiger partial charge in [-0.15, -0.1) is 0 Å². The van der Waals surface area contributed by atoms with Crippen LogP contribution in [0.1, 0.15) is 36.9 Å². The van der Waals surface area contributed by atoms with E-state index >= 15 is 0 Å². The molecule has 0 aliphatic carbocycles. The van der Waals surface area contributed by atoms with E-state index in [1.807, 2.05) is 29.6 Å². The van der Waals surface area contributed by atoms with Gasteiger partial charge in [-0.3, -0.25) is 14.5 Å². The molecule has 0 saturated carbocycles. The van der Waals surface area contributed by atoms with Gasteiger partial charge in [0.2, 0.25) is 0 Å². The van der Waals surface area contributed by atoms with Crippen LogP contribution in [0.3, 0.4) is 0 Å².